The number of benzene rings is 1. The first-order valence-corrected chi connectivity index (χ1v) is 6.91. The van der Waals surface area contributed by atoms with Gasteiger partial charge in [-0.1, -0.05) is 12.1 Å². The summed E-state index contributed by atoms with van der Waals surface area (Å²) in [7, 11) is 0. The highest BCUT2D eigenvalue weighted by molar-refractivity contribution is 5.93. The van der Waals surface area contributed by atoms with Crippen LogP contribution in [0.25, 0.3) is 0 Å². The molecule has 1 aromatic carbocycles. The van der Waals surface area contributed by atoms with E-state index in [4.69, 9.17) is 0 Å². The molecular weight excluding hydrogens is 314 g/mol. The van der Waals surface area contributed by atoms with Gasteiger partial charge < -0.3 is 4.90 Å². The molecule has 2 aromatic rings. The summed E-state index contributed by atoms with van der Waals surface area (Å²) in [5, 5.41) is 3.89. The van der Waals surface area contributed by atoms with Crippen molar-refractivity contribution in [2.45, 2.75) is 26.2 Å². The topological polar surface area (TPSA) is 38.1 Å². The summed E-state index contributed by atoms with van der Waals surface area (Å²) >= 11 is 0. The minimum atomic E-state index is -4.53. The second-order valence-electron chi connectivity index (χ2n) is 4.99. The van der Waals surface area contributed by atoms with Gasteiger partial charge in [0.15, 0.2) is 0 Å². The molecule has 0 aliphatic rings. The third-order valence-electron chi connectivity index (χ3n) is 3.15. The van der Waals surface area contributed by atoms with E-state index >= 15 is 0 Å². The molecule has 23 heavy (non-hydrogen) atoms. The van der Waals surface area contributed by atoms with E-state index in [0.717, 1.165) is 12.1 Å². The van der Waals surface area contributed by atoms with Crippen LogP contribution in [-0.4, -0.2) is 33.3 Å². The Bertz CT molecular complexity index is 664. The lowest BCUT2D eigenvalue weighted by atomic mass is 10.2. The van der Waals surface area contributed by atoms with Crippen molar-refractivity contribution in [3.05, 3.63) is 53.6 Å². The Morgan fingerprint density at radius 1 is 1.26 bits per heavy atom. The fraction of sp³-hybridized carbons (Fsp3) is 0.333. The molecule has 2 rings (SSSR count). The smallest absolute Gasteiger partial charge is 0.325 e. The zero-order valence-electron chi connectivity index (χ0n) is 12.3. The second-order valence-corrected chi connectivity index (χ2v) is 4.99. The number of hydrogen-bond donors (Lipinski definition) is 0. The summed E-state index contributed by atoms with van der Waals surface area (Å²) in [5.74, 6) is -1.27. The number of rotatable bonds is 5. The van der Waals surface area contributed by atoms with Crippen LogP contribution >= 0.6 is 0 Å². The van der Waals surface area contributed by atoms with Crippen molar-refractivity contribution in [2.24, 2.45) is 0 Å². The van der Waals surface area contributed by atoms with E-state index in [0.29, 0.717) is 17.0 Å². The number of halogens is 4. The first-order valence-electron chi connectivity index (χ1n) is 6.91. The predicted octanol–water partition coefficient (Wildman–Crippen LogP) is 3.25. The van der Waals surface area contributed by atoms with E-state index in [-0.39, 0.29) is 12.1 Å². The molecule has 1 heterocycles. The highest BCUT2D eigenvalue weighted by Crippen LogP contribution is 2.20. The standard InChI is InChI=1S/C15H15F4N3O/c1-2-22-9-12(7-20-22)14(23)21(10-15(17,18)19)8-11-3-5-13(16)6-4-11/h3-7,9H,2,8,10H2,1H3. The van der Waals surface area contributed by atoms with E-state index in [1.165, 1.54) is 29.2 Å². The molecule has 1 aromatic heterocycles. The van der Waals surface area contributed by atoms with Crippen molar-refractivity contribution in [2.75, 3.05) is 6.54 Å². The van der Waals surface area contributed by atoms with E-state index in [1.807, 2.05) is 0 Å². The lowest BCUT2D eigenvalue weighted by Gasteiger charge is -2.23. The van der Waals surface area contributed by atoms with Crippen molar-refractivity contribution < 1.29 is 22.4 Å². The second kappa shape index (κ2) is 6.80. The molecule has 8 heteroatoms. The van der Waals surface area contributed by atoms with Gasteiger partial charge in [0, 0.05) is 19.3 Å². The molecule has 4 nitrogen and oxygen atoms in total. The molecular formula is C15H15F4N3O. The van der Waals surface area contributed by atoms with Crippen LogP contribution in [0.1, 0.15) is 22.8 Å². The summed E-state index contributed by atoms with van der Waals surface area (Å²) in [6.07, 6.45) is -1.90. The number of carbonyl (C=O) groups is 1. The van der Waals surface area contributed by atoms with Gasteiger partial charge in [0.05, 0.1) is 11.8 Å². The molecule has 0 N–H and O–H groups in total. The van der Waals surface area contributed by atoms with Gasteiger partial charge in [-0.3, -0.25) is 9.48 Å². The van der Waals surface area contributed by atoms with Crippen molar-refractivity contribution in [3.8, 4) is 0 Å². The largest absolute Gasteiger partial charge is 0.406 e. The Balaban J connectivity index is 2.22. The van der Waals surface area contributed by atoms with Gasteiger partial charge in [-0.15, -0.1) is 0 Å². The first-order chi connectivity index (χ1) is 10.8. The fourth-order valence-electron chi connectivity index (χ4n) is 2.06. The molecule has 0 radical (unpaired) electrons. The van der Waals surface area contributed by atoms with Gasteiger partial charge in [0.2, 0.25) is 0 Å². The van der Waals surface area contributed by atoms with Crippen LogP contribution in [0.3, 0.4) is 0 Å². The Kier molecular flexibility index (Phi) is 5.02. The predicted molar refractivity (Wildman–Crippen MR) is 75.1 cm³/mol. The Labute approximate surface area is 130 Å². The van der Waals surface area contributed by atoms with Crippen LogP contribution in [0.4, 0.5) is 17.6 Å². The van der Waals surface area contributed by atoms with Gasteiger partial charge in [-0.2, -0.15) is 18.3 Å². The third-order valence-corrected chi connectivity index (χ3v) is 3.15. The third kappa shape index (κ3) is 4.80. The molecule has 0 unspecified atom stereocenters. The van der Waals surface area contributed by atoms with Crippen molar-refractivity contribution in [1.82, 2.24) is 14.7 Å². The van der Waals surface area contributed by atoms with Crippen LogP contribution in [0, 0.1) is 5.82 Å². The van der Waals surface area contributed by atoms with Gasteiger partial charge in [-0.05, 0) is 24.6 Å². The van der Waals surface area contributed by atoms with Crippen molar-refractivity contribution in [3.63, 3.8) is 0 Å². The maximum Gasteiger partial charge on any atom is 0.406 e. The quantitative estimate of drug-likeness (QED) is 0.790. The number of aryl methyl sites for hydroxylation is 1. The number of aromatic nitrogens is 2. The number of amides is 1. The number of carbonyl (C=O) groups excluding carboxylic acids is 1. The molecule has 0 bridgehead atoms. The monoisotopic (exact) mass is 329 g/mol. The minimum Gasteiger partial charge on any atom is -0.325 e. The molecule has 0 fully saturated rings. The average Bonchev–Trinajstić information content (AvgIpc) is 2.95. The van der Waals surface area contributed by atoms with Crippen LogP contribution in [0.2, 0.25) is 0 Å². The first kappa shape index (κ1) is 17.0. The Morgan fingerprint density at radius 3 is 2.43 bits per heavy atom. The maximum absolute atomic E-state index is 12.9. The van der Waals surface area contributed by atoms with E-state index in [2.05, 4.69) is 5.10 Å². The number of hydrogen-bond acceptors (Lipinski definition) is 2. The summed E-state index contributed by atoms with van der Waals surface area (Å²) in [6, 6.07) is 4.98. The normalized spacial score (nSPS) is 11.5. The zero-order valence-corrected chi connectivity index (χ0v) is 12.3. The maximum atomic E-state index is 12.9. The molecule has 0 aliphatic carbocycles. The van der Waals surface area contributed by atoms with Crippen molar-refractivity contribution >= 4 is 5.91 Å². The van der Waals surface area contributed by atoms with Gasteiger partial charge in [0.25, 0.3) is 5.91 Å². The van der Waals surface area contributed by atoms with Gasteiger partial charge in [-0.25, -0.2) is 4.39 Å². The molecule has 1 amide bonds. The van der Waals surface area contributed by atoms with Crippen LogP contribution in [0.15, 0.2) is 36.7 Å². The lowest BCUT2D eigenvalue weighted by molar-refractivity contribution is -0.141. The molecule has 0 spiro atoms. The molecule has 0 saturated heterocycles. The fourth-order valence-corrected chi connectivity index (χ4v) is 2.06. The van der Waals surface area contributed by atoms with Crippen LogP contribution in [-0.2, 0) is 13.1 Å². The Hall–Kier alpha value is -2.38. The van der Waals surface area contributed by atoms with Crippen LogP contribution in [0.5, 0.6) is 0 Å². The van der Waals surface area contributed by atoms with Gasteiger partial charge >= 0.3 is 6.18 Å². The molecule has 124 valence electrons. The molecule has 0 aliphatic heterocycles. The minimum absolute atomic E-state index is 0.0817. The van der Waals surface area contributed by atoms with Gasteiger partial charge in [0.1, 0.15) is 12.4 Å². The summed E-state index contributed by atoms with van der Waals surface area (Å²) in [4.78, 5) is 13.0. The number of alkyl halides is 3. The zero-order chi connectivity index (χ0) is 17.0. The highest BCUT2D eigenvalue weighted by Gasteiger charge is 2.33. The van der Waals surface area contributed by atoms with Crippen LogP contribution < -0.4 is 0 Å². The summed E-state index contributed by atoms with van der Waals surface area (Å²) in [6.45, 7) is 0.647. The SMILES string of the molecule is CCn1cc(C(=O)N(Cc2ccc(F)cc2)CC(F)(F)F)cn1. The Morgan fingerprint density at radius 2 is 1.91 bits per heavy atom. The molecule has 0 atom stereocenters. The number of nitrogens with zero attached hydrogens (tertiary/aromatic N) is 3. The highest BCUT2D eigenvalue weighted by atomic mass is 19.4. The average molecular weight is 329 g/mol. The molecule has 0 saturated carbocycles. The van der Waals surface area contributed by atoms with Crippen molar-refractivity contribution in [1.29, 1.82) is 0 Å². The van der Waals surface area contributed by atoms with E-state index < -0.39 is 24.4 Å². The summed E-state index contributed by atoms with van der Waals surface area (Å²) in [5.41, 5.74) is 0.491. The lowest BCUT2D eigenvalue weighted by Crippen LogP contribution is -2.38. The van der Waals surface area contributed by atoms with E-state index in [1.54, 1.807) is 6.92 Å². The summed E-state index contributed by atoms with van der Waals surface area (Å²) < 4.78 is 52.6. The van der Waals surface area contributed by atoms with E-state index in [9.17, 15) is 22.4 Å².